The van der Waals surface area contributed by atoms with Gasteiger partial charge in [-0.25, -0.2) is 0 Å². The molecule has 26 heavy (non-hydrogen) atoms. The van der Waals surface area contributed by atoms with Crippen molar-refractivity contribution in [1.82, 2.24) is 14.8 Å². The average molecular weight is 368 g/mol. The van der Waals surface area contributed by atoms with Crippen LogP contribution in [0.1, 0.15) is 17.5 Å². The van der Waals surface area contributed by atoms with Crippen molar-refractivity contribution in [1.29, 1.82) is 0 Å². The second-order valence-corrected chi connectivity index (χ2v) is 7.78. The van der Waals surface area contributed by atoms with Crippen molar-refractivity contribution in [2.24, 2.45) is 0 Å². The number of aliphatic hydroxyl groups is 1. The summed E-state index contributed by atoms with van der Waals surface area (Å²) in [5.74, 6) is 0. The summed E-state index contributed by atoms with van der Waals surface area (Å²) in [6.45, 7) is 5.23. The SMILES string of the molecule is OCC[C@@H]1CN(Cc2cccc3cccnc23)CCN1Cc1ccsc1. The second-order valence-electron chi connectivity index (χ2n) is 7.00. The summed E-state index contributed by atoms with van der Waals surface area (Å²) < 4.78 is 0. The van der Waals surface area contributed by atoms with Crippen molar-refractivity contribution in [3.8, 4) is 0 Å². The third kappa shape index (κ3) is 3.96. The van der Waals surface area contributed by atoms with E-state index in [1.165, 1.54) is 16.5 Å². The Morgan fingerprint density at radius 1 is 1.12 bits per heavy atom. The number of hydrogen-bond acceptors (Lipinski definition) is 5. The van der Waals surface area contributed by atoms with Crippen LogP contribution in [0.2, 0.25) is 0 Å². The second kappa shape index (κ2) is 8.27. The van der Waals surface area contributed by atoms with Crippen LogP contribution in [0.3, 0.4) is 0 Å². The normalized spacial score (nSPS) is 19.2. The van der Waals surface area contributed by atoms with E-state index in [2.05, 4.69) is 55.9 Å². The molecule has 0 spiro atoms. The molecule has 2 aromatic heterocycles. The predicted molar refractivity (Wildman–Crippen MR) is 107 cm³/mol. The lowest BCUT2D eigenvalue weighted by Crippen LogP contribution is -2.52. The number of aliphatic hydroxyl groups excluding tert-OH is 1. The smallest absolute Gasteiger partial charge is 0.0746 e. The molecule has 1 saturated heterocycles. The lowest BCUT2D eigenvalue weighted by molar-refractivity contribution is 0.0502. The topological polar surface area (TPSA) is 39.6 Å². The van der Waals surface area contributed by atoms with E-state index in [9.17, 15) is 5.11 Å². The van der Waals surface area contributed by atoms with Crippen molar-refractivity contribution in [3.05, 3.63) is 64.5 Å². The number of pyridine rings is 1. The summed E-state index contributed by atoms with van der Waals surface area (Å²) >= 11 is 1.75. The number of rotatable bonds is 6. The number of benzene rings is 1. The van der Waals surface area contributed by atoms with Crippen molar-refractivity contribution in [2.45, 2.75) is 25.6 Å². The molecule has 0 radical (unpaired) electrons. The molecule has 5 heteroatoms. The molecule has 1 aliphatic rings. The van der Waals surface area contributed by atoms with Crippen molar-refractivity contribution < 1.29 is 5.11 Å². The van der Waals surface area contributed by atoms with Gasteiger partial charge in [-0.05, 0) is 40.4 Å². The third-order valence-corrected chi connectivity index (χ3v) is 5.96. The average Bonchev–Trinajstić information content (AvgIpc) is 3.18. The zero-order valence-electron chi connectivity index (χ0n) is 14.9. The number of aromatic nitrogens is 1. The molecular weight excluding hydrogens is 342 g/mol. The Kier molecular flexibility index (Phi) is 5.60. The van der Waals surface area contributed by atoms with Gasteiger partial charge in [-0.3, -0.25) is 14.8 Å². The first-order valence-corrected chi connectivity index (χ1v) is 10.2. The van der Waals surface area contributed by atoms with Gasteiger partial charge < -0.3 is 5.11 Å². The van der Waals surface area contributed by atoms with E-state index in [-0.39, 0.29) is 6.61 Å². The maximum Gasteiger partial charge on any atom is 0.0746 e. The molecule has 0 bridgehead atoms. The molecule has 136 valence electrons. The van der Waals surface area contributed by atoms with Crippen molar-refractivity contribution >= 4 is 22.2 Å². The molecule has 4 rings (SSSR count). The van der Waals surface area contributed by atoms with Crippen molar-refractivity contribution in [3.63, 3.8) is 0 Å². The molecule has 0 amide bonds. The van der Waals surface area contributed by atoms with E-state index in [0.29, 0.717) is 6.04 Å². The van der Waals surface area contributed by atoms with E-state index < -0.39 is 0 Å². The number of hydrogen-bond donors (Lipinski definition) is 1. The zero-order valence-corrected chi connectivity index (χ0v) is 15.7. The van der Waals surface area contributed by atoms with Gasteiger partial charge in [0.25, 0.3) is 0 Å². The van der Waals surface area contributed by atoms with Crippen LogP contribution in [0.25, 0.3) is 10.9 Å². The first-order valence-electron chi connectivity index (χ1n) is 9.24. The van der Waals surface area contributed by atoms with Crippen LogP contribution in [0.5, 0.6) is 0 Å². The van der Waals surface area contributed by atoms with Gasteiger partial charge in [-0.15, -0.1) is 0 Å². The fraction of sp³-hybridized carbons (Fsp3) is 0.381. The molecule has 1 N–H and O–H groups in total. The predicted octanol–water partition coefficient (Wildman–Crippen LogP) is 3.37. The Bertz CT molecular complexity index is 831. The highest BCUT2D eigenvalue weighted by atomic mass is 32.1. The van der Waals surface area contributed by atoms with Gasteiger partial charge in [-0.1, -0.05) is 24.3 Å². The van der Waals surface area contributed by atoms with Gasteiger partial charge in [0.05, 0.1) is 5.52 Å². The molecule has 0 saturated carbocycles. The Balaban J connectivity index is 1.46. The largest absolute Gasteiger partial charge is 0.396 e. The van der Waals surface area contributed by atoms with Crippen LogP contribution < -0.4 is 0 Å². The van der Waals surface area contributed by atoms with Gasteiger partial charge in [-0.2, -0.15) is 11.3 Å². The minimum atomic E-state index is 0.245. The fourth-order valence-electron chi connectivity index (χ4n) is 3.88. The molecule has 0 unspecified atom stereocenters. The number of para-hydroxylation sites is 1. The van der Waals surface area contributed by atoms with Gasteiger partial charge in [0.2, 0.25) is 0 Å². The van der Waals surface area contributed by atoms with Crippen LogP contribution in [0.4, 0.5) is 0 Å². The first kappa shape index (κ1) is 17.6. The molecule has 1 fully saturated rings. The van der Waals surface area contributed by atoms with Crippen molar-refractivity contribution in [2.75, 3.05) is 26.2 Å². The Labute approximate surface area is 158 Å². The van der Waals surface area contributed by atoms with Crippen LogP contribution in [0, 0.1) is 0 Å². The number of fused-ring (bicyclic) bond motifs is 1. The van der Waals surface area contributed by atoms with E-state index in [4.69, 9.17) is 0 Å². The number of nitrogens with zero attached hydrogens (tertiary/aromatic N) is 3. The summed E-state index contributed by atoms with van der Waals surface area (Å²) in [6, 6.07) is 13.2. The highest BCUT2D eigenvalue weighted by Gasteiger charge is 2.27. The van der Waals surface area contributed by atoms with Crippen LogP contribution in [-0.4, -0.2) is 52.2 Å². The van der Waals surface area contributed by atoms with Gasteiger partial charge in [0.1, 0.15) is 0 Å². The van der Waals surface area contributed by atoms with Crippen LogP contribution >= 0.6 is 11.3 Å². The molecule has 4 nitrogen and oxygen atoms in total. The molecule has 1 aromatic carbocycles. The summed E-state index contributed by atoms with van der Waals surface area (Å²) in [5.41, 5.74) is 3.77. The summed E-state index contributed by atoms with van der Waals surface area (Å²) in [5, 5.41) is 15.1. The summed E-state index contributed by atoms with van der Waals surface area (Å²) in [4.78, 5) is 9.62. The van der Waals surface area contributed by atoms with Crippen LogP contribution in [0.15, 0.2) is 53.4 Å². The van der Waals surface area contributed by atoms with E-state index in [1.54, 1.807) is 11.3 Å². The standard InChI is InChI=1S/C21H25N3OS/c25-11-6-20-15-23(9-10-24(20)13-17-7-12-26-16-17)14-19-4-1-3-18-5-2-8-22-21(18)19/h1-5,7-8,12,16,20,25H,6,9-11,13-15H2/t20-/m1/s1. The van der Waals surface area contributed by atoms with Gasteiger partial charge in [0, 0.05) is 57.0 Å². The molecular formula is C21H25N3OS. The summed E-state index contributed by atoms with van der Waals surface area (Å²) in [7, 11) is 0. The zero-order chi connectivity index (χ0) is 17.8. The number of piperazine rings is 1. The van der Waals surface area contributed by atoms with Gasteiger partial charge in [0.15, 0.2) is 0 Å². The molecule has 1 aliphatic heterocycles. The Hall–Kier alpha value is -1.79. The minimum Gasteiger partial charge on any atom is -0.396 e. The molecule has 3 aromatic rings. The molecule has 0 aliphatic carbocycles. The summed E-state index contributed by atoms with van der Waals surface area (Å²) in [6.07, 6.45) is 2.70. The van der Waals surface area contributed by atoms with Crippen LogP contribution in [-0.2, 0) is 13.1 Å². The maximum atomic E-state index is 9.53. The lowest BCUT2D eigenvalue weighted by atomic mass is 10.1. The highest BCUT2D eigenvalue weighted by molar-refractivity contribution is 7.07. The van der Waals surface area contributed by atoms with Gasteiger partial charge >= 0.3 is 0 Å². The third-order valence-electron chi connectivity index (χ3n) is 5.23. The monoisotopic (exact) mass is 367 g/mol. The molecule has 1 atom stereocenters. The Morgan fingerprint density at radius 2 is 2.04 bits per heavy atom. The molecule has 3 heterocycles. The minimum absolute atomic E-state index is 0.245. The maximum absolute atomic E-state index is 9.53. The Morgan fingerprint density at radius 3 is 2.88 bits per heavy atom. The fourth-order valence-corrected chi connectivity index (χ4v) is 4.54. The number of thiophene rings is 1. The van der Waals surface area contributed by atoms with E-state index in [1.807, 2.05) is 12.3 Å². The first-order chi connectivity index (χ1) is 12.8. The van der Waals surface area contributed by atoms with E-state index in [0.717, 1.165) is 44.7 Å². The highest BCUT2D eigenvalue weighted by Crippen LogP contribution is 2.22. The quantitative estimate of drug-likeness (QED) is 0.725. The lowest BCUT2D eigenvalue weighted by Gasteiger charge is -2.41. The van der Waals surface area contributed by atoms with E-state index >= 15 is 0 Å².